The molecule has 24 heavy (non-hydrogen) atoms. The minimum absolute atomic E-state index is 0.109. The van der Waals surface area contributed by atoms with Crippen LogP contribution in [-0.4, -0.2) is 54.1 Å². The first-order valence-corrected chi connectivity index (χ1v) is 10.7. The van der Waals surface area contributed by atoms with Gasteiger partial charge in [-0.25, -0.2) is 0 Å². The first-order chi connectivity index (χ1) is 11.8. The molecular weight excluding hydrogens is 316 g/mol. The van der Waals surface area contributed by atoms with Crippen molar-refractivity contribution in [1.82, 2.24) is 4.90 Å². The molecule has 1 heterocycles. The van der Waals surface area contributed by atoms with Crippen molar-refractivity contribution < 1.29 is 5.11 Å². The maximum Gasteiger partial charge on any atom is 0.0695 e. The molecule has 1 saturated heterocycles. The Morgan fingerprint density at radius 2 is 1.83 bits per heavy atom. The van der Waals surface area contributed by atoms with Crippen LogP contribution in [0, 0.1) is 0 Å². The number of thioether (sulfide) groups is 1. The van der Waals surface area contributed by atoms with Gasteiger partial charge in [-0.15, -0.1) is 11.8 Å². The molecule has 3 nitrogen and oxygen atoms in total. The van der Waals surface area contributed by atoms with Crippen molar-refractivity contribution in [2.45, 2.75) is 62.5 Å². The molecule has 4 heteroatoms. The van der Waals surface area contributed by atoms with E-state index in [-0.39, 0.29) is 6.10 Å². The SMILES string of the molecule is CCCCSc1ccccc1N1CCN([C@H]2CCCC[C@H]2O)CC1. The van der Waals surface area contributed by atoms with Crippen LogP contribution < -0.4 is 4.90 Å². The summed E-state index contributed by atoms with van der Waals surface area (Å²) in [5.41, 5.74) is 1.41. The number of hydrogen-bond acceptors (Lipinski definition) is 4. The quantitative estimate of drug-likeness (QED) is 0.621. The van der Waals surface area contributed by atoms with Crippen LogP contribution in [-0.2, 0) is 0 Å². The average molecular weight is 349 g/mol. The second kappa shape index (κ2) is 9.12. The standard InChI is InChI=1S/C20H32N2OS/c1-2-3-16-24-20-11-7-5-9-18(20)22-14-12-21(13-15-22)17-8-4-6-10-19(17)23/h5,7,9,11,17,19,23H,2-4,6,8,10,12-16H2,1H3/t17-,19+/m0/s1. The lowest BCUT2D eigenvalue weighted by Gasteiger charge is -2.43. The van der Waals surface area contributed by atoms with Gasteiger partial charge in [-0.2, -0.15) is 0 Å². The molecule has 0 spiro atoms. The van der Waals surface area contributed by atoms with Gasteiger partial charge in [-0.3, -0.25) is 4.90 Å². The maximum absolute atomic E-state index is 10.3. The van der Waals surface area contributed by atoms with E-state index in [1.165, 1.54) is 48.4 Å². The number of aliphatic hydroxyl groups excluding tert-OH is 1. The summed E-state index contributed by atoms with van der Waals surface area (Å²) in [5.74, 6) is 1.21. The largest absolute Gasteiger partial charge is 0.391 e. The van der Waals surface area contributed by atoms with Crippen LogP contribution in [0.15, 0.2) is 29.2 Å². The summed E-state index contributed by atoms with van der Waals surface area (Å²) < 4.78 is 0. The normalized spacial score (nSPS) is 25.8. The zero-order valence-electron chi connectivity index (χ0n) is 15.0. The molecule has 134 valence electrons. The van der Waals surface area contributed by atoms with E-state index in [1.807, 2.05) is 11.8 Å². The topological polar surface area (TPSA) is 26.7 Å². The Morgan fingerprint density at radius 1 is 1.08 bits per heavy atom. The van der Waals surface area contributed by atoms with E-state index in [4.69, 9.17) is 0 Å². The van der Waals surface area contributed by atoms with Crippen LogP contribution >= 0.6 is 11.8 Å². The smallest absolute Gasteiger partial charge is 0.0695 e. The molecule has 2 aliphatic rings. The molecule has 2 fully saturated rings. The van der Waals surface area contributed by atoms with Crippen molar-refractivity contribution in [1.29, 1.82) is 0 Å². The first kappa shape index (κ1) is 18.1. The van der Waals surface area contributed by atoms with E-state index in [0.717, 1.165) is 32.6 Å². The van der Waals surface area contributed by atoms with E-state index in [0.29, 0.717) is 6.04 Å². The van der Waals surface area contributed by atoms with Crippen LogP contribution in [0.3, 0.4) is 0 Å². The maximum atomic E-state index is 10.3. The van der Waals surface area contributed by atoms with E-state index in [1.54, 1.807) is 0 Å². The third-order valence-electron chi connectivity index (χ3n) is 5.44. The summed E-state index contributed by atoms with van der Waals surface area (Å²) in [6.07, 6.45) is 7.07. The highest BCUT2D eigenvalue weighted by atomic mass is 32.2. The van der Waals surface area contributed by atoms with Crippen LogP contribution in [0.5, 0.6) is 0 Å². The van der Waals surface area contributed by atoms with Gasteiger partial charge in [0.15, 0.2) is 0 Å². The molecule has 1 aliphatic heterocycles. The van der Waals surface area contributed by atoms with Gasteiger partial charge < -0.3 is 10.0 Å². The highest BCUT2D eigenvalue weighted by molar-refractivity contribution is 7.99. The number of rotatable bonds is 6. The summed E-state index contributed by atoms with van der Waals surface area (Å²) in [7, 11) is 0. The molecule has 1 saturated carbocycles. The molecule has 3 rings (SSSR count). The van der Waals surface area contributed by atoms with Crippen molar-refractivity contribution >= 4 is 17.4 Å². The van der Waals surface area contributed by atoms with Gasteiger partial charge in [0.2, 0.25) is 0 Å². The van der Waals surface area contributed by atoms with E-state index < -0.39 is 0 Å². The van der Waals surface area contributed by atoms with E-state index in [9.17, 15) is 5.11 Å². The van der Waals surface area contributed by atoms with Gasteiger partial charge in [0.05, 0.1) is 11.8 Å². The molecule has 0 bridgehead atoms. The molecule has 1 aromatic rings. The molecule has 0 amide bonds. The van der Waals surface area contributed by atoms with Crippen LogP contribution in [0.4, 0.5) is 5.69 Å². The third kappa shape index (κ3) is 4.47. The first-order valence-electron chi connectivity index (χ1n) is 9.68. The summed E-state index contributed by atoms with van der Waals surface area (Å²) >= 11 is 2.00. The Labute approximate surface area is 151 Å². The number of piperazine rings is 1. The number of para-hydroxylation sites is 1. The predicted molar refractivity (Wildman–Crippen MR) is 104 cm³/mol. The second-order valence-corrected chi connectivity index (χ2v) is 8.25. The Bertz CT molecular complexity index is 502. The van der Waals surface area contributed by atoms with Gasteiger partial charge >= 0.3 is 0 Å². The van der Waals surface area contributed by atoms with Crippen molar-refractivity contribution in [3.63, 3.8) is 0 Å². The molecule has 0 radical (unpaired) electrons. The highest BCUT2D eigenvalue weighted by Crippen LogP contribution is 2.32. The monoisotopic (exact) mass is 348 g/mol. The summed E-state index contributed by atoms with van der Waals surface area (Å²) in [5, 5.41) is 10.3. The van der Waals surface area contributed by atoms with Gasteiger partial charge in [0.1, 0.15) is 0 Å². The molecule has 1 N–H and O–H groups in total. The number of hydrogen-bond donors (Lipinski definition) is 1. The van der Waals surface area contributed by atoms with Crippen LogP contribution in [0.25, 0.3) is 0 Å². The minimum atomic E-state index is -0.109. The van der Waals surface area contributed by atoms with E-state index in [2.05, 4.69) is 41.0 Å². The fraction of sp³-hybridized carbons (Fsp3) is 0.700. The lowest BCUT2D eigenvalue weighted by Crippen LogP contribution is -2.54. The number of aliphatic hydroxyl groups is 1. The fourth-order valence-electron chi connectivity index (χ4n) is 3.98. The van der Waals surface area contributed by atoms with Crippen molar-refractivity contribution in [2.75, 3.05) is 36.8 Å². The van der Waals surface area contributed by atoms with Crippen molar-refractivity contribution in [3.8, 4) is 0 Å². The minimum Gasteiger partial charge on any atom is -0.391 e. The number of benzene rings is 1. The highest BCUT2D eigenvalue weighted by Gasteiger charge is 2.31. The molecule has 0 aromatic heterocycles. The number of unbranched alkanes of at least 4 members (excludes halogenated alkanes) is 1. The summed E-state index contributed by atoms with van der Waals surface area (Å²) in [6, 6.07) is 9.27. The second-order valence-electron chi connectivity index (χ2n) is 7.11. The molecule has 1 aliphatic carbocycles. The van der Waals surface area contributed by atoms with Crippen LogP contribution in [0.1, 0.15) is 45.4 Å². The average Bonchev–Trinajstić information content (AvgIpc) is 2.63. The van der Waals surface area contributed by atoms with Gasteiger partial charge in [-0.05, 0) is 37.1 Å². The Balaban J connectivity index is 1.58. The zero-order chi connectivity index (χ0) is 16.8. The van der Waals surface area contributed by atoms with Gasteiger partial charge in [0.25, 0.3) is 0 Å². The van der Waals surface area contributed by atoms with Crippen LogP contribution in [0.2, 0.25) is 0 Å². The number of nitrogens with zero attached hydrogens (tertiary/aromatic N) is 2. The van der Waals surface area contributed by atoms with E-state index >= 15 is 0 Å². The number of anilines is 1. The predicted octanol–water partition coefficient (Wildman–Crippen LogP) is 4.00. The van der Waals surface area contributed by atoms with Crippen molar-refractivity contribution in [2.24, 2.45) is 0 Å². The Hall–Kier alpha value is -0.710. The summed E-state index contributed by atoms with van der Waals surface area (Å²) in [4.78, 5) is 6.50. The van der Waals surface area contributed by atoms with Crippen molar-refractivity contribution in [3.05, 3.63) is 24.3 Å². The summed E-state index contributed by atoms with van der Waals surface area (Å²) in [6.45, 7) is 6.57. The molecule has 1 aromatic carbocycles. The third-order valence-corrected chi connectivity index (χ3v) is 6.59. The Kier molecular flexibility index (Phi) is 6.87. The molecule has 2 atom stereocenters. The lowest BCUT2D eigenvalue weighted by molar-refractivity contribution is 0.0173. The van der Waals surface area contributed by atoms with Gasteiger partial charge in [0, 0.05) is 37.1 Å². The van der Waals surface area contributed by atoms with Gasteiger partial charge in [-0.1, -0.05) is 38.3 Å². The molecular formula is C20H32N2OS. The zero-order valence-corrected chi connectivity index (χ0v) is 15.8. The molecule has 0 unspecified atom stereocenters. The Morgan fingerprint density at radius 3 is 2.58 bits per heavy atom. The lowest BCUT2D eigenvalue weighted by atomic mass is 9.91. The fourth-order valence-corrected chi connectivity index (χ4v) is 5.15.